The van der Waals surface area contributed by atoms with E-state index >= 15 is 0 Å². The van der Waals surface area contributed by atoms with Gasteiger partial charge in [0.05, 0.1) is 0 Å². The molecule has 0 spiro atoms. The van der Waals surface area contributed by atoms with Crippen LogP contribution in [0, 0.1) is 0 Å². The van der Waals surface area contributed by atoms with E-state index in [1.807, 2.05) is 71.6 Å². The van der Waals surface area contributed by atoms with Gasteiger partial charge >= 0.3 is 0 Å². The van der Waals surface area contributed by atoms with Crippen molar-refractivity contribution in [3.63, 3.8) is 0 Å². The Morgan fingerprint density at radius 1 is 1.00 bits per heavy atom. The van der Waals surface area contributed by atoms with E-state index < -0.39 is 0 Å². The minimum Gasteiger partial charge on any atom is -0.454 e. The molecule has 5 nitrogen and oxygen atoms in total. The number of amides is 1. The van der Waals surface area contributed by atoms with Crippen LogP contribution in [-0.2, 0) is 6.54 Å². The Morgan fingerprint density at radius 3 is 2.64 bits per heavy atom. The van der Waals surface area contributed by atoms with Crippen molar-refractivity contribution >= 4 is 23.2 Å². The summed E-state index contributed by atoms with van der Waals surface area (Å²) in [7, 11) is 0. The standard InChI is InChI=1S/C22H17ClN2O3/c23-15-6-8-16(9-7-15)24-21-17-3-1-2-4-18(17)22(26)25(21)12-14-5-10-19-20(11-14)28-13-27-19/h1-11,21,24H,12-13H2/t21-/m0/s1. The molecule has 0 fully saturated rings. The van der Waals surface area contributed by atoms with E-state index in [-0.39, 0.29) is 18.9 Å². The molecule has 2 aliphatic heterocycles. The number of ether oxygens (including phenoxy) is 2. The molecule has 0 saturated carbocycles. The van der Waals surface area contributed by atoms with Crippen molar-refractivity contribution in [2.45, 2.75) is 12.7 Å². The molecule has 0 radical (unpaired) electrons. The van der Waals surface area contributed by atoms with Gasteiger partial charge in [0, 0.05) is 28.4 Å². The Hall–Kier alpha value is -3.18. The van der Waals surface area contributed by atoms with Gasteiger partial charge in [-0.3, -0.25) is 4.79 Å². The lowest BCUT2D eigenvalue weighted by Gasteiger charge is -2.27. The monoisotopic (exact) mass is 392 g/mol. The SMILES string of the molecule is O=C1c2ccccc2[C@@H](Nc2ccc(Cl)cc2)N1Cc1ccc2c(c1)OCO2. The van der Waals surface area contributed by atoms with Gasteiger partial charge in [-0.1, -0.05) is 35.9 Å². The molecule has 1 atom stereocenters. The van der Waals surface area contributed by atoms with Crippen LogP contribution < -0.4 is 14.8 Å². The maximum absolute atomic E-state index is 13.1. The summed E-state index contributed by atoms with van der Waals surface area (Å²) in [6, 6.07) is 20.9. The summed E-state index contributed by atoms with van der Waals surface area (Å²) < 4.78 is 10.9. The summed E-state index contributed by atoms with van der Waals surface area (Å²) in [5.41, 5.74) is 3.56. The van der Waals surface area contributed by atoms with Crippen LogP contribution in [0.2, 0.25) is 5.02 Å². The number of benzene rings is 3. The van der Waals surface area contributed by atoms with Gasteiger partial charge in [-0.25, -0.2) is 0 Å². The van der Waals surface area contributed by atoms with Crippen LogP contribution in [0.5, 0.6) is 11.5 Å². The molecule has 2 heterocycles. The van der Waals surface area contributed by atoms with E-state index in [0.29, 0.717) is 17.3 Å². The second kappa shape index (κ2) is 6.77. The highest BCUT2D eigenvalue weighted by atomic mass is 35.5. The number of carbonyl (C=O) groups is 1. The summed E-state index contributed by atoms with van der Waals surface area (Å²) in [5.74, 6) is 1.44. The van der Waals surface area contributed by atoms with Gasteiger partial charge in [-0.2, -0.15) is 0 Å². The Morgan fingerprint density at radius 2 is 1.79 bits per heavy atom. The molecular weight excluding hydrogens is 376 g/mol. The molecule has 3 aromatic rings. The van der Waals surface area contributed by atoms with Gasteiger partial charge in [0.2, 0.25) is 6.79 Å². The Kier molecular flexibility index (Phi) is 4.10. The lowest BCUT2D eigenvalue weighted by molar-refractivity contribution is 0.0728. The average molecular weight is 393 g/mol. The lowest BCUT2D eigenvalue weighted by Crippen LogP contribution is -2.31. The largest absolute Gasteiger partial charge is 0.454 e. The minimum absolute atomic E-state index is 0.000250. The zero-order chi connectivity index (χ0) is 19.1. The van der Waals surface area contributed by atoms with Crippen molar-refractivity contribution in [2.24, 2.45) is 0 Å². The molecule has 6 heteroatoms. The molecule has 5 rings (SSSR count). The lowest BCUT2D eigenvalue weighted by atomic mass is 10.1. The van der Waals surface area contributed by atoms with Gasteiger partial charge in [0.15, 0.2) is 11.5 Å². The second-order valence-electron chi connectivity index (χ2n) is 6.76. The number of nitrogens with one attached hydrogen (secondary N) is 1. The van der Waals surface area contributed by atoms with Crippen molar-refractivity contribution < 1.29 is 14.3 Å². The van der Waals surface area contributed by atoms with E-state index in [9.17, 15) is 4.79 Å². The number of carbonyl (C=O) groups excluding carboxylic acids is 1. The Bertz CT molecular complexity index is 1050. The smallest absolute Gasteiger partial charge is 0.256 e. The molecule has 1 N–H and O–H groups in total. The predicted octanol–water partition coefficient (Wildman–Crippen LogP) is 4.84. The topological polar surface area (TPSA) is 50.8 Å². The first-order chi connectivity index (χ1) is 13.7. The summed E-state index contributed by atoms with van der Waals surface area (Å²) >= 11 is 6.00. The molecule has 0 unspecified atom stereocenters. The molecule has 0 saturated heterocycles. The quantitative estimate of drug-likeness (QED) is 0.690. The minimum atomic E-state index is -0.268. The molecule has 28 heavy (non-hydrogen) atoms. The third-order valence-corrected chi connectivity index (χ3v) is 5.25. The number of halogens is 1. The van der Waals surface area contributed by atoms with Crippen LogP contribution >= 0.6 is 11.6 Å². The summed E-state index contributed by atoms with van der Waals surface area (Å²) in [6.07, 6.45) is -0.268. The third-order valence-electron chi connectivity index (χ3n) is 5.00. The first-order valence-electron chi connectivity index (χ1n) is 8.99. The number of anilines is 1. The van der Waals surface area contributed by atoms with Gasteiger partial charge in [0.25, 0.3) is 5.91 Å². The Labute approximate surface area is 167 Å². The number of hydrogen-bond donors (Lipinski definition) is 1. The number of nitrogens with zero attached hydrogens (tertiary/aromatic N) is 1. The molecule has 1 amide bonds. The predicted molar refractivity (Wildman–Crippen MR) is 107 cm³/mol. The molecule has 140 valence electrons. The summed E-state index contributed by atoms with van der Waals surface area (Å²) in [5, 5.41) is 4.14. The number of hydrogen-bond acceptors (Lipinski definition) is 4. The molecular formula is C22H17ClN2O3. The Balaban J connectivity index is 1.47. The van der Waals surface area contributed by atoms with E-state index in [4.69, 9.17) is 21.1 Å². The van der Waals surface area contributed by atoms with Gasteiger partial charge in [-0.15, -0.1) is 0 Å². The van der Waals surface area contributed by atoms with Crippen LogP contribution in [0.3, 0.4) is 0 Å². The van der Waals surface area contributed by atoms with Crippen molar-refractivity contribution in [1.29, 1.82) is 0 Å². The third kappa shape index (κ3) is 2.94. The van der Waals surface area contributed by atoms with Gasteiger partial charge < -0.3 is 19.7 Å². The first kappa shape index (κ1) is 17.0. The van der Waals surface area contributed by atoms with E-state index in [1.54, 1.807) is 0 Å². The fraction of sp³-hybridized carbons (Fsp3) is 0.136. The summed E-state index contributed by atoms with van der Waals surface area (Å²) in [6.45, 7) is 0.684. The molecule has 2 aliphatic rings. The van der Waals surface area contributed by atoms with Crippen molar-refractivity contribution in [3.05, 3.63) is 88.4 Å². The summed E-state index contributed by atoms with van der Waals surface area (Å²) in [4.78, 5) is 14.9. The van der Waals surface area contributed by atoms with E-state index in [0.717, 1.165) is 28.1 Å². The fourth-order valence-electron chi connectivity index (χ4n) is 3.63. The zero-order valence-corrected chi connectivity index (χ0v) is 15.6. The molecule has 0 bridgehead atoms. The van der Waals surface area contributed by atoms with Crippen LogP contribution in [0.1, 0.15) is 27.7 Å². The van der Waals surface area contributed by atoms with Crippen LogP contribution in [-0.4, -0.2) is 17.6 Å². The normalized spacial score (nSPS) is 17.0. The van der Waals surface area contributed by atoms with E-state index in [1.165, 1.54) is 0 Å². The maximum atomic E-state index is 13.1. The molecule has 0 aliphatic carbocycles. The molecule has 3 aromatic carbocycles. The highest BCUT2D eigenvalue weighted by Gasteiger charge is 2.36. The van der Waals surface area contributed by atoms with Crippen LogP contribution in [0.15, 0.2) is 66.7 Å². The maximum Gasteiger partial charge on any atom is 0.256 e. The zero-order valence-electron chi connectivity index (χ0n) is 14.9. The van der Waals surface area contributed by atoms with E-state index in [2.05, 4.69) is 5.32 Å². The highest BCUT2D eigenvalue weighted by Crippen LogP contribution is 2.37. The average Bonchev–Trinajstić information content (AvgIpc) is 3.28. The van der Waals surface area contributed by atoms with Crippen molar-refractivity contribution in [3.8, 4) is 11.5 Å². The molecule has 0 aromatic heterocycles. The van der Waals surface area contributed by atoms with Crippen molar-refractivity contribution in [1.82, 2.24) is 4.90 Å². The highest BCUT2D eigenvalue weighted by molar-refractivity contribution is 6.30. The van der Waals surface area contributed by atoms with Crippen molar-refractivity contribution in [2.75, 3.05) is 12.1 Å². The van der Waals surface area contributed by atoms with Gasteiger partial charge in [-0.05, 0) is 48.0 Å². The fourth-order valence-corrected chi connectivity index (χ4v) is 3.75. The number of fused-ring (bicyclic) bond motifs is 2. The van der Waals surface area contributed by atoms with Gasteiger partial charge in [0.1, 0.15) is 6.17 Å². The second-order valence-corrected chi connectivity index (χ2v) is 7.20. The first-order valence-corrected chi connectivity index (χ1v) is 9.37. The van der Waals surface area contributed by atoms with Crippen LogP contribution in [0.25, 0.3) is 0 Å². The van der Waals surface area contributed by atoms with Crippen LogP contribution in [0.4, 0.5) is 5.69 Å². The number of rotatable bonds is 4.